The summed E-state index contributed by atoms with van der Waals surface area (Å²) in [5, 5.41) is 0. The van der Waals surface area contributed by atoms with Crippen molar-refractivity contribution >= 4 is 54.2 Å². The maximum Gasteiger partial charge on any atom is 2.00 e. The van der Waals surface area contributed by atoms with E-state index in [1.165, 1.54) is 0 Å². The van der Waals surface area contributed by atoms with E-state index in [-0.39, 0.29) is 40.6 Å². The van der Waals surface area contributed by atoms with E-state index in [0.29, 0.717) is 0 Å². The van der Waals surface area contributed by atoms with Crippen molar-refractivity contribution in [3.8, 4) is 0 Å². The molecule has 0 aromatic heterocycles. The minimum Gasteiger partial charge on any atom is -0.598 e. The molecule has 0 amide bonds. The molecule has 0 spiro atoms. The molecule has 6 nitrogen and oxygen atoms in total. The average molecular weight is 200 g/mol. The van der Waals surface area contributed by atoms with Gasteiger partial charge in [0.05, 0.1) is 0 Å². The standard InChI is InChI=1S/Ca.2HO3P/c;2*1-4(2)3/h;2*(H,1,2,3)/q+2;;. The summed E-state index contributed by atoms with van der Waals surface area (Å²) in [6, 6.07) is 0. The SMILES string of the molecule is O=[P+]([O-])[O-].O=[P+]([O-])[O-].[Ca+2].[H+].[H+]. The molecule has 0 bridgehead atoms. The zero-order valence-electron chi connectivity index (χ0n) is 6.05. The molecule has 0 aromatic rings. The molecular weight excluding hydrogens is 198 g/mol. The van der Waals surface area contributed by atoms with Crippen LogP contribution in [0.15, 0.2) is 0 Å². The molecule has 0 aliphatic heterocycles. The first kappa shape index (κ1) is 16.7. The molecular formula is H2CaO6P2+2. The minimum absolute atomic E-state index is 0. The summed E-state index contributed by atoms with van der Waals surface area (Å²) in [7, 11) is -6.74. The van der Waals surface area contributed by atoms with Crippen LogP contribution < -0.4 is 19.6 Å². The molecule has 0 fully saturated rings. The molecule has 0 N–H and O–H groups in total. The molecule has 0 radical (unpaired) electrons. The Bertz CT molecular complexity index is 76.6. The van der Waals surface area contributed by atoms with Gasteiger partial charge in [0.25, 0.3) is 16.5 Å². The first-order valence-electron chi connectivity index (χ1n) is 1.10. The third-order valence-corrected chi connectivity index (χ3v) is 0. The van der Waals surface area contributed by atoms with E-state index >= 15 is 0 Å². The molecule has 0 aliphatic carbocycles. The Kier molecular flexibility index (Phi) is 22.3. The first-order chi connectivity index (χ1) is 3.46. The zero-order chi connectivity index (χ0) is 7.15. The van der Waals surface area contributed by atoms with E-state index in [1.54, 1.807) is 0 Å². The fourth-order valence-electron chi connectivity index (χ4n) is 0. The molecule has 9 heavy (non-hydrogen) atoms. The van der Waals surface area contributed by atoms with Crippen molar-refractivity contribution in [3.63, 3.8) is 0 Å². The average Bonchev–Trinajstić information content (AvgIpc) is 1.25. The van der Waals surface area contributed by atoms with Gasteiger partial charge in [0.1, 0.15) is 0 Å². The molecule has 0 aromatic carbocycles. The monoisotopic (exact) mass is 200 g/mol. The van der Waals surface area contributed by atoms with Crippen LogP contribution in [0.2, 0.25) is 0 Å². The number of hydrogen-bond acceptors (Lipinski definition) is 6. The van der Waals surface area contributed by atoms with E-state index in [9.17, 15) is 0 Å². The summed E-state index contributed by atoms with van der Waals surface area (Å²) < 4.78 is 17.0. The molecule has 0 rings (SSSR count). The van der Waals surface area contributed by atoms with Gasteiger partial charge in [0.2, 0.25) is 0 Å². The molecule has 0 saturated carbocycles. The maximum absolute atomic E-state index is 8.48. The second-order valence-electron chi connectivity index (χ2n) is 0.447. The molecule has 48 valence electrons. The Labute approximate surface area is 85.4 Å². The quantitative estimate of drug-likeness (QED) is 0.296. The molecule has 9 heteroatoms. The Morgan fingerprint density at radius 1 is 0.889 bits per heavy atom. The summed E-state index contributed by atoms with van der Waals surface area (Å²) in [4.78, 5) is 33.9. The van der Waals surface area contributed by atoms with Gasteiger partial charge in [-0.25, -0.2) is 0 Å². The van der Waals surface area contributed by atoms with Crippen molar-refractivity contribution < 1.29 is 31.6 Å². The summed E-state index contributed by atoms with van der Waals surface area (Å²) >= 11 is 0. The normalized spacial score (nSPS) is 5.78. The van der Waals surface area contributed by atoms with E-state index in [4.69, 9.17) is 28.7 Å². The second kappa shape index (κ2) is 12.0. The van der Waals surface area contributed by atoms with Crippen molar-refractivity contribution in [2.24, 2.45) is 0 Å². The van der Waals surface area contributed by atoms with Gasteiger partial charge in [0, 0.05) is 0 Å². The Morgan fingerprint density at radius 2 is 0.889 bits per heavy atom. The van der Waals surface area contributed by atoms with Crippen LogP contribution in [0.4, 0.5) is 0 Å². The van der Waals surface area contributed by atoms with Crippen molar-refractivity contribution in [3.05, 3.63) is 0 Å². The van der Waals surface area contributed by atoms with Gasteiger partial charge in [0.15, 0.2) is 0 Å². The summed E-state index contributed by atoms with van der Waals surface area (Å²) in [5.41, 5.74) is 0. The van der Waals surface area contributed by atoms with Crippen molar-refractivity contribution in [1.29, 1.82) is 0 Å². The number of rotatable bonds is 0. The second-order valence-corrected chi connectivity index (χ2v) is 1.34. The molecule has 0 unspecified atom stereocenters. The van der Waals surface area contributed by atoms with Gasteiger partial charge in [-0.05, 0) is 0 Å². The summed E-state index contributed by atoms with van der Waals surface area (Å²) in [6.07, 6.45) is 0. The van der Waals surface area contributed by atoms with Crippen LogP contribution in [-0.4, -0.2) is 37.7 Å². The largest absolute Gasteiger partial charge is 2.00 e. The van der Waals surface area contributed by atoms with Crippen LogP contribution in [0.25, 0.3) is 0 Å². The van der Waals surface area contributed by atoms with Gasteiger partial charge in [-0.2, -0.15) is 0 Å². The van der Waals surface area contributed by atoms with E-state index < -0.39 is 16.5 Å². The zero-order valence-corrected chi connectivity index (χ0v) is 8.05. The van der Waals surface area contributed by atoms with Crippen LogP contribution in [0.5, 0.6) is 0 Å². The van der Waals surface area contributed by atoms with Crippen LogP contribution in [0, 0.1) is 0 Å². The van der Waals surface area contributed by atoms with Crippen molar-refractivity contribution in [2.75, 3.05) is 0 Å². The van der Waals surface area contributed by atoms with Crippen LogP contribution >= 0.6 is 16.5 Å². The Hall–Kier alpha value is 1.30. The third-order valence-electron chi connectivity index (χ3n) is 0. The predicted molar refractivity (Wildman–Crippen MR) is 23.2 cm³/mol. The van der Waals surface area contributed by atoms with E-state index in [2.05, 4.69) is 0 Å². The minimum atomic E-state index is -3.37. The van der Waals surface area contributed by atoms with E-state index in [0.717, 1.165) is 0 Å². The number of hydrogen-bond donors (Lipinski definition) is 0. The van der Waals surface area contributed by atoms with Gasteiger partial charge < -0.3 is 19.6 Å². The van der Waals surface area contributed by atoms with Gasteiger partial charge in [-0.15, -0.1) is 0 Å². The summed E-state index contributed by atoms with van der Waals surface area (Å²) in [6.45, 7) is 0. The van der Waals surface area contributed by atoms with Crippen molar-refractivity contribution in [1.82, 2.24) is 0 Å². The third kappa shape index (κ3) is 293. The smallest absolute Gasteiger partial charge is 0.598 e. The molecule has 0 saturated heterocycles. The topological polar surface area (TPSA) is 126 Å². The fourth-order valence-corrected chi connectivity index (χ4v) is 0. The predicted octanol–water partition coefficient (Wildman–Crippen LogP) is -3.43. The van der Waals surface area contributed by atoms with Crippen molar-refractivity contribution in [2.45, 2.75) is 0 Å². The van der Waals surface area contributed by atoms with E-state index in [1.807, 2.05) is 0 Å². The Balaban J connectivity index is -0.0000000171. The summed E-state index contributed by atoms with van der Waals surface area (Å²) in [5.74, 6) is 0. The molecule has 0 atom stereocenters. The van der Waals surface area contributed by atoms with Gasteiger partial charge in [-0.1, -0.05) is 9.13 Å². The first-order valence-corrected chi connectivity index (χ1v) is 3.29. The Morgan fingerprint density at radius 3 is 0.889 bits per heavy atom. The molecule has 0 aliphatic rings. The van der Waals surface area contributed by atoms with Gasteiger partial charge >= 0.3 is 40.6 Å². The molecule has 0 heterocycles. The maximum atomic E-state index is 8.48. The van der Waals surface area contributed by atoms with Gasteiger partial charge in [-0.3, -0.25) is 0 Å². The van der Waals surface area contributed by atoms with Crippen LogP contribution in [0.3, 0.4) is 0 Å². The van der Waals surface area contributed by atoms with Crippen LogP contribution in [-0.2, 0) is 9.13 Å². The fraction of sp³-hybridized carbons (Fsp3) is 0. The van der Waals surface area contributed by atoms with Crippen LogP contribution in [0.1, 0.15) is 2.85 Å².